The van der Waals surface area contributed by atoms with Gasteiger partial charge in [-0.3, -0.25) is 0 Å². The minimum absolute atomic E-state index is 0.665. The highest BCUT2D eigenvalue weighted by Gasteiger charge is 2.05. The monoisotopic (exact) mass is 289 g/mol. The van der Waals surface area contributed by atoms with Crippen LogP contribution < -0.4 is 10.1 Å². The van der Waals surface area contributed by atoms with Crippen molar-refractivity contribution < 1.29 is 4.74 Å². The second-order valence-corrected chi connectivity index (χ2v) is 5.29. The normalized spacial score (nSPS) is 10.4. The Balaban J connectivity index is 2.14. The molecule has 0 unspecified atom stereocenters. The van der Waals surface area contributed by atoms with Crippen LogP contribution >= 0.6 is 11.6 Å². The van der Waals surface area contributed by atoms with Crippen molar-refractivity contribution >= 4 is 17.3 Å². The summed E-state index contributed by atoms with van der Waals surface area (Å²) < 4.78 is 5.67. The van der Waals surface area contributed by atoms with Gasteiger partial charge in [-0.15, -0.1) is 0 Å². The summed E-state index contributed by atoms with van der Waals surface area (Å²) in [6, 6.07) is 12.2. The van der Waals surface area contributed by atoms with Crippen molar-refractivity contribution in [3.05, 3.63) is 58.1 Å². The summed E-state index contributed by atoms with van der Waals surface area (Å²) in [5.41, 5.74) is 4.64. The predicted octanol–water partition coefficient (Wildman–Crippen LogP) is 4.97. The van der Waals surface area contributed by atoms with Crippen molar-refractivity contribution in [2.45, 2.75) is 27.3 Å². The fourth-order valence-electron chi connectivity index (χ4n) is 2.10. The molecule has 1 N–H and O–H groups in total. The van der Waals surface area contributed by atoms with E-state index >= 15 is 0 Å². The van der Waals surface area contributed by atoms with Crippen LogP contribution in [0.2, 0.25) is 5.02 Å². The summed E-state index contributed by atoms with van der Waals surface area (Å²) >= 11 is 5.98. The van der Waals surface area contributed by atoms with E-state index in [9.17, 15) is 0 Å². The van der Waals surface area contributed by atoms with Crippen molar-refractivity contribution in [3.8, 4) is 5.75 Å². The highest BCUT2D eigenvalue weighted by Crippen LogP contribution is 2.26. The number of benzene rings is 2. The minimum Gasteiger partial charge on any atom is -0.492 e. The molecule has 0 amide bonds. The van der Waals surface area contributed by atoms with Crippen molar-refractivity contribution in [2.24, 2.45) is 0 Å². The number of ether oxygens (including phenoxy) is 1. The zero-order valence-electron chi connectivity index (χ0n) is 12.2. The van der Waals surface area contributed by atoms with Gasteiger partial charge in [-0.1, -0.05) is 23.7 Å². The molecule has 0 heterocycles. The van der Waals surface area contributed by atoms with Crippen LogP contribution in [0.15, 0.2) is 36.4 Å². The first-order valence-corrected chi connectivity index (χ1v) is 7.20. The maximum atomic E-state index is 5.98. The molecular formula is C17H20ClNO. The molecular weight excluding hydrogens is 270 g/mol. The Hall–Kier alpha value is -1.67. The molecule has 2 nitrogen and oxygen atoms in total. The smallest absolute Gasteiger partial charge is 0.142 e. The number of anilines is 1. The lowest BCUT2D eigenvalue weighted by Crippen LogP contribution is -2.04. The van der Waals surface area contributed by atoms with Crippen LogP contribution in [-0.4, -0.2) is 6.61 Å². The number of rotatable bonds is 5. The van der Waals surface area contributed by atoms with Crippen LogP contribution in [-0.2, 0) is 6.54 Å². The molecule has 0 radical (unpaired) electrons. The van der Waals surface area contributed by atoms with Gasteiger partial charge in [-0.25, -0.2) is 0 Å². The summed E-state index contributed by atoms with van der Waals surface area (Å²) in [6.45, 7) is 7.55. The Morgan fingerprint density at radius 3 is 2.60 bits per heavy atom. The van der Waals surface area contributed by atoms with Gasteiger partial charge in [0.25, 0.3) is 0 Å². The SMILES string of the molecule is CCOc1cc(C)ccc1NCc1ccc(Cl)cc1C. The van der Waals surface area contributed by atoms with Crippen molar-refractivity contribution in [1.82, 2.24) is 0 Å². The number of hydrogen-bond acceptors (Lipinski definition) is 2. The van der Waals surface area contributed by atoms with Crippen LogP contribution in [0.4, 0.5) is 5.69 Å². The first-order chi connectivity index (χ1) is 9.60. The van der Waals surface area contributed by atoms with Crippen molar-refractivity contribution in [1.29, 1.82) is 0 Å². The topological polar surface area (TPSA) is 21.3 Å². The quantitative estimate of drug-likeness (QED) is 0.839. The molecule has 0 aromatic heterocycles. The molecule has 0 bridgehead atoms. The molecule has 0 fully saturated rings. The maximum Gasteiger partial charge on any atom is 0.142 e. The van der Waals surface area contributed by atoms with Gasteiger partial charge < -0.3 is 10.1 Å². The van der Waals surface area contributed by atoms with Crippen LogP contribution in [0, 0.1) is 13.8 Å². The molecule has 2 aromatic carbocycles. The number of halogens is 1. The van der Waals surface area contributed by atoms with Gasteiger partial charge in [0.15, 0.2) is 0 Å². The predicted molar refractivity (Wildman–Crippen MR) is 85.9 cm³/mol. The van der Waals surface area contributed by atoms with Crippen LogP contribution in [0.5, 0.6) is 5.75 Å². The zero-order valence-corrected chi connectivity index (χ0v) is 12.9. The van der Waals surface area contributed by atoms with Gasteiger partial charge in [0, 0.05) is 11.6 Å². The average Bonchev–Trinajstić information content (AvgIpc) is 2.40. The Labute approximate surface area is 125 Å². The van der Waals surface area contributed by atoms with Crippen LogP contribution in [0.25, 0.3) is 0 Å². The molecule has 0 aliphatic rings. The molecule has 20 heavy (non-hydrogen) atoms. The third-order valence-corrected chi connectivity index (χ3v) is 3.45. The van der Waals surface area contributed by atoms with E-state index in [1.54, 1.807) is 0 Å². The standard InChI is InChI=1S/C17H20ClNO/c1-4-20-17-9-12(2)5-8-16(17)19-11-14-6-7-15(18)10-13(14)3/h5-10,19H,4,11H2,1-3H3. The van der Waals surface area contributed by atoms with E-state index in [2.05, 4.69) is 43.4 Å². The molecule has 0 saturated heterocycles. The van der Waals surface area contributed by atoms with Crippen LogP contribution in [0.1, 0.15) is 23.6 Å². The first-order valence-electron chi connectivity index (χ1n) is 6.82. The fraction of sp³-hybridized carbons (Fsp3) is 0.294. The summed E-state index contributed by atoms with van der Waals surface area (Å²) in [6.07, 6.45) is 0. The Morgan fingerprint density at radius 1 is 1.10 bits per heavy atom. The molecule has 0 saturated carbocycles. The van der Waals surface area contributed by atoms with E-state index in [1.165, 1.54) is 16.7 Å². The van der Waals surface area contributed by atoms with E-state index in [0.717, 1.165) is 23.0 Å². The fourth-order valence-corrected chi connectivity index (χ4v) is 2.33. The summed E-state index contributed by atoms with van der Waals surface area (Å²) in [5, 5.41) is 4.21. The van der Waals surface area contributed by atoms with Gasteiger partial charge in [-0.05, 0) is 61.7 Å². The number of nitrogens with one attached hydrogen (secondary N) is 1. The van der Waals surface area contributed by atoms with Crippen LogP contribution in [0.3, 0.4) is 0 Å². The number of aryl methyl sites for hydroxylation is 2. The molecule has 2 rings (SSSR count). The van der Waals surface area contributed by atoms with Gasteiger partial charge in [-0.2, -0.15) is 0 Å². The first kappa shape index (κ1) is 14.7. The lowest BCUT2D eigenvalue weighted by molar-refractivity contribution is 0.341. The van der Waals surface area contributed by atoms with Gasteiger partial charge >= 0.3 is 0 Å². The largest absolute Gasteiger partial charge is 0.492 e. The van der Waals surface area contributed by atoms with E-state index in [-0.39, 0.29) is 0 Å². The molecule has 0 atom stereocenters. The van der Waals surface area contributed by atoms with E-state index in [4.69, 9.17) is 16.3 Å². The maximum absolute atomic E-state index is 5.98. The third-order valence-electron chi connectivity index (χ3n) is 3.21. The Morgan fingerprint density at radius 2 is 1.90 bits per heavy atom. The second-order valence-electron chi connectivity index (χ2n) is 4.86. The summed E-state index contributed by atoms with van der Waals surface area (Å²) in [5.74, 6) is 0.902. The molecule has 0 aliphatic carbocycles. The van der Waals surface area contributed by atoms with E-state index < -0.39 is 0 Å². The minimum atomic E-state index is 0.665. The third kappa shape index (κ3) is 3.67. The molecule has 3 heteroatoms. The molecule has 0 aliphatic heterocycles. The van der Waals surface area contributed by atoms with Crippen molar-refractivity contribution in [3.63, 3.8) is 0 Å². The lowest BCUT2D eigenvalue weighted by atomic mass is 10.1. The molecule has 106 valence electrons. The second kappa shape index (κ2) is 6.67. The van der Waals surface area contributed by atoms with Crippen molar-refractivity contribution in [2.75, 3.05) is 11.9 Å². The zero-order chi connectivity index (χ0) is 14.5. The number of hydrogen-bond donors (Lipinski definition) is 1. The van der Waals surface area contributed by atoms with Gasteiger partial charge in [0.05, 0.1) is 12.3 Å². The average molecular weight is 290 g/mol. The lowest BCUT2D eigenvalue weighted by Gasteiger charge is -2.14. The van der Waals surface area contributed by atoms with Gasteiger partial charge in [0.1, 0.15) is 5.75 Å². The highest BCUT2D eigenvalue weighted by molar-refractivity contribution is 6.30. The van der Waals surface area contributed by atoms with Gasteiger partial charge in [0.2, 0.25) is 0 Å². The highest BCUT2D eigenvalue weighted by atomic mass is 35.5. The molecule has 2 aromatic rings. The Bertz CT molecular complexity index is 596. The Kier molecular flexibility index (Phi) is 4.91. The summed E-state index contributed by atoms with van der Waals surface area (Å²) in [4.78, 5) is 0. The van der Waals surface area contributed by atoms with E-state index in [1.807, 2.05) is 19.1 Å². The van der Waals surface area contributed by atoms with E-state index in [0.29, 0.717) is 6.61 Å². The molecule has 0 spiro atoms. The summed E-state index contributed by atoms with van der Waals surface area (Å²) in [7, 11) is 0.